The third-order valence-corrected chi connectivity index (χ3v) is 2.26. The number of hydrogen-bond acceptors (Lipinski definition) is 3. The van der Waals surface area contributed by atoms with Gasteiger partial charge in [0.25, 0.3) is 0 Å². The lowest BCUT2D eigenvalue weighted by molar-refractivity contribution is 0.111. The van der Waals surface area contributed by atoms with Crippen molar-refractivity contribution in [1.82, 2.24) is 4.90 Å². The second-order valence-electron chi connectivity index (χ2n) is 2.92. The Morgan fingerprint density at radius 2 is 2.40 bits per heavy atom. The zero-order valence-corrected chi connectivity index (χ0v) is 6.71. The Hall–Kier alpha value is -0.120. The molecule has 1 fully saturated rings. The van der Waals surface area contributed by atoms with Crippen LogP contribution >= 0.6 is 0 Å². The fourth-order valence-electron chi connectivity index (χ4n) is 1.48. The molecule has 3 nitrogen and oxygen atoms in total. The number of nitrogens with two attached hydrogens (primary N) is 1. The first kappa shape index (κ1) is 7.98. The predicted octanol–water partition coefficient (Wildman–Crippen LogP) is -0.336. The molecule has 1 aliphatic rings. The van der Waals surface area contributed by atoms with Crippen LogP contribution in [0.2, 0.25) is 0 Å². The molecule has 0 amide bonds. The molecular formula is C7H16N2O. The van der Waals surface area contributed by atoms with Gasteiger partial charge in [-0.05, 0) is 13.5 Å². The first-order chi connectivity index (χ1) is 4.77. The summed E-state index contributed by atoms with van der Waals surface area (Å²) in [7, 11) is 3.86. The molecule has 0 radical (unpaired) electrons. The second kappa shape index (κ2) is 3.32. The van der Waals surface area contributed by atoms with Crippen molar-refractivity contribution in [3.63, 3.8) is 0 Å². The van der Waals surface area contributed by atoms with Gasteiger partial charge in [0.05, 0.1) is 6.10 Å². The highest BCUT2D eigenvalue weighted by atomic mass is 16.5. The molecule has 1 heterocycles. The number of rotatable bonds is 2. The Labute approximate surface area is 62.1 Å². The number of methoxy groups -OCH3 is 1. The molecule has 60 valence electrons. The van der Waals surface area contributed by atoms with Gasteiger partial charge in [0.1, 0.15) is 0 Å². The minimum Gasteiger partial charge on any atom is -0.380 e. The summed E-state index contributed by atoms with van der Waals surface area (Å²) >= 11 is 0. The van der Waals surface area contributed by atoms with Crippen molar-refractivity contribution in [3.8, 4) is 0 Å². The molecule has 0 aromatic rings. The predicted molar refractivity (Wildman–Crippen MR) is 40.9 cm³/mol. The van der Waals surface area contributed by atoms with Gasteiger partial charge in [0.15, 0.2) is 0 Å². The van der Waals surface area contributed by atoms with E-state index in [1.165, 1.54) is 0 Å². The zero-order chi connectivity index (χ0) is 7.56. The Kier molecular flexibility index (Phi) is 2.65. The van der Waals surface area contributed by atoms with Crippen LogP contribution in [0.3, 0.4) is 0 Å². The minimum atomic E-state index is 0.401. The molecule has 0 aliphatic carbocycles. The van der Waals surface area contributed by atoms with E-state index in [2.05, 4.69) is 11.9 Å². The van der Waals surface area contributed by atoms with Gasteiger partial charge < -0.3 is 10.5 Å². The maximum absolute atomic E-state index is 5.54. The van der Waals surface area contributed by atoms with Crippen molar-refractivity contribution in [2.45, 2.75) is 18.6 Å². The standard InChI is InChI=1S/C7H16N2O/c1-9-5-7(10-2)3-6(9)4-8/h6-7H,3-5,8H2,1-2H3. The number of nitrogens with zero attached hydrogens (tertiary/aromatic N) is 1. The van der Waals surface area contributed by atoms with Gasteiger partial charge in [-0.2, -0.15) is 0 Å². The van der Waals surface area contributed by atoms with E-state index in [-0.39, 0.29) is 0 Å². The molecule has 0 aromatic carbocycles. The summed E-state index contributed by atoms with van der Waals surface area (Å²) < 4.78 is 5.22. The zero-order valence-electron chi connectivity index (χ0n) is 6.71. The molecule has 2 atom stereocenters. The van der Waals surface area contributed by atoms with Gasteiger partial charge in [-0.15, -0.1) is 0 Å². The molecule has 1 saturated heterocycles. The first-order valence-corrected chi connectivity index (χ1v) is 3.71. The monoisotopic (exact) mass is 144 g/mol. The molecule has 0 spiro atoms. The summed E-state index contributed by atoms with van der Waals surface area (Å²) in [5, 5.41) is 0. The van der Waals surface area contributed by atoms with Crippen LogP contribution in [0, 0.1) is 0 Å². The van der Waals surface area contributed by atoms with Gasteiger partial charge in [-0.1, -0.05) is 0 Å². The van der Waals surface area contributed by atoms with Crippen LogP contribution < -0.4 is 5.73 Å². The Morgan fingerprint density at radius 3 is 2.70 bits per heavy atom. The van der Waals surface area contributed by atoms with Crippen LogP contribution in [0.1, 0.15) is 6.42 Å². The lowest BCUT2D eigenvalue weighted by atomic mass is 10.2. The summed E-state index contributed by atoms with van der Waals surface area (Å²) in [6, 6.07) is 0.532. The van der Waals surface area contributed by atoms with Crippen LogP contribution in [0.4, 0.5) is 0 Å². The van der Waals surface area contributed by atoms with Gasteiger partial charge in [-0.25, -0.2) is 0 Å². The number of likely N-dealkylation sites (tertiary alicyclic amines) is 1. The van der Waals surface area contributed by atoms with E-state index in [0.29, 0.717) is 12.1 Å². The first-order valence-electron chi connectivity index (χ1n) is 3.71. The largest absolute Gasteiger partial charge is 0.380 e. The van der Waals surface area contributed by atoms with E-state index >= 15 is 0 Å². The molecule has 1 rings (SSSR count). The van der Waals surface area contributed by atoms with Gasteiger partial charge in [0, 0.05) is 26.2 Å². The quantitative estimate of drug-likeness (QED) is 0.576. The van der Waals surface area contributed by atoms with E-state index in [9.17, 15) is 0 Å². The molecular weight excluding hydrogens is 128 g/mol. The second-order valence-corrected chi connectivity index (χ2v) is 2.92. The van der Waals surface area contributed by atoms with Crippen molar-refractivity contribution in [3.05, 3.63) is 0 Å². The minimum absolute atomic E-state index is 0.401. The lowest BCUT2D eigenvalue weighted by Gasteiger charge is -2.15. The van der Waals surface area contributed by atoms with E-state index < -0.39 is 0 Å². The van der Waals surface area contributed by atoms with Gasteiger partial charge in [-0.3, -0.25) is 4.90 Å². The smallest absolute Gasteiger partial charge is 0.0713 e. The van der Waals surface area contributed by atoms with Gasteiger partial charge in [0.2, 0.25) is 0 Å². The van der Waals surface area contributed by atoms with E-state index in [0.717, 1.165) is 19.5 Å². The molecule has 0 bridgehead atoms. The summed E-state index contributed by atoms with van der Waals surface area (Å²) in [6.07, 6.45) is 1.49. The topological polar surface area (TPSA) is 38.5 Å². The summed E-state index contributed by atoms with van der Waals surface area (Å²) in [5.41, 5.74) is 5.54. The van der Waals surface area contributed by atoms with Gasteiger partial charge >= 0.3 is 0 Å². The molecule has 0 saturated carbocycles. The van der Waals surface area contributed by atoms with Crippen LogP contribution in [0.15, 0.2) is 0 Å². The van der Waals surface area contributed by atoms with Crippen LogP contribution in [0.5, 0.6) is 0 Å². The average Bonchev–Trinajstić information content (AvgIpc) is 2.30. The normalized spacial score (nSPS) is 35.1. The third kappa shape index (κ3) is 1.48. The maximum atomic E-state index is 5.54. The Morgan fingerprint density at radius 1 is 1.70 bits per heavy atom. The molecule has 2 unspecified atom stereocenters. The molecule has 3 heteroatoms. The number of likely N-dealkylation sites (N-methyl/N-ethyl adjacent to an activating group) is 1. The fraction of sp³-hybridized carbons (Fsp3) is 1.00. The number of ether oxygens (including phenoxy) is 1. The maximum Gasteiger partial charge on any atom is 0.0713 e. The lowest BCUT2D eigenvalue weighted by Crippen LogP contribution is -2.31. The van der Waals surface area contributed by atoms with Crippen LogP contribution in [-0.4, -0.2) is 44.3 Å². The highest BCUT2D eigenvalue weighted by Gasteiger charge is 2.27. The highest BCUT2D eigenvalue weighted by molar-refractivity contribution is 4.83. The van der Waals surface area contributed by atoms with Crippen molar-refractivity contribution in [2.24, 2.45) is 5.73 Å². The summed E-state index contributed by atoms with van der Waals surface area (Å²) in [4.78, 5) is 2.26. The van der Waals surface area contributed by atoms with Crippen LogP contribution in [0.25, 0.3) is 0 Å². The van der Waals surface area contributed by atoms with Crippen molar-refractivity contribution in [2.75, 3.05) is 27.2 Å². The molecule has 10 heavy (non-hydrogen) atoms. The van der Waals surface area contributed by atoms with Crippen molar-refractivity contribution >= 4 is 0 Å². The fourth-order valence-corrected chi connectivity index (χ4v) is 1.48. The summed E-state index contributed by atoms with van der Waals surface area (Å²) in [5.74, 6) is 0. The van der Waals surface area contributed by atoms with E-state index in [1.54, 1.807) is 7.11 Å². The third-order valence-electron chi connectivity index (χ3n) is 2.26. The van der Waals surface area contributed by atoms with Crippen molar-refractivity contribution in [1.29, 1.82) is 0 Å². The molecule has 1 aliphatic heterocycles. The van der Waals surface area contributed by atoms with E-state index in [1.807, 2.05) is 0 Å². The van der Waals surface area contributed by atoms with Crippen molar-refractivity contribution < 1.29 is 4.74 Å². The highest BCUT2D eigenvalue weighted by Crippen LogP contribution is 2.16. The van der Waals surface area contributed by atoms with Crippen LogP contribution in [-0.2, 0) is 4.74 Å². The Balaban J connectivity index is 2.36. The summed E-state index contributed by atoms with van der Waals surface area (Å²) in [6.45, 7) is 1.77. The van der Waals surface area contributed by atoms with E-state index in [4.69, 9.17) is 10.5 Å². The molecule has 2 N–H and O–H groups in total. The Bertz CT molecular complexity index is 108. The molecule has 0 aromatic heterocycles. The SMILES string of the molecule is COC1CC(CN)N(C)C1. The number of hydrogen-bond donors (Lipinski definition) is 1. The average molecular weight is 144 g/mol.